The molecule has 0 saturated heterocycles. The number of halogens is 1. The Morgan fingerprint density at radius 1 is 1.08 bits per heavy atom. The van der Waals surface area contributed by atoms with Gasteiger partial charge in [-0.3, -0.25) is 4.79 Å². The van der Waals surface area contributed by atoms with Crippen molar-refractivity contribution < 1.29 is 4.79 Å². The minimum atomic E-state index is -0.162. The van der Waals surface area contributed by atoms with E-state index >= 15 is 0 Å². The largest absolute Gasteiger partial charge is 0.300 e. The zero-order chi connectivity index (χ0) is 17.0. The van der Waals surface area contributed by atoms with E-state index in [0.717, 1.165) is 47.6 Å². The molecule has 0 aliphatic heterocycles. The molecule has 2 aromatic rings. The fraction of sp³-hybridized carbons (Fsp3) is 0.526. The topological polar surface area (TPSA) is 54.9 Å². The summed E-state index contributed by atoms with van der Waals surface area (Å²) in [6.07, 6.45) is 7.18. The van der Waals surface area contributed by atoms with Gasteiger partial charge in [0.05, 0.1) is 10.4 Å². The Labute approximate surface area is 156 Å². The van der Waals surface area contributed by atoms with Gasteiger partial charge in [-0.2, -0.15) is 0 Å². The second kappa shape index (κ2) is 5.78. The summed E-state index contributed by atoms with van der Waals surface area (Å²) in [6, 6.07) is 7.58. The summed E-state index contributed by atoms with van der Waals surface area (Å²) in [5, 5.41) is 13.4. The SMILES string of the molecule is O=C(Nc1nnc(-c2ccccc2Cl)s1)C12CC3CC(CC(C3)C1)C2. The molecule has 6 rings (SSSR count). The second-order valence-electron chi connectivity index (χ2n) is 8.04. The first kappa shape index (κ1) is 15.8. The van der Waals surface area contributed by atoms with Crippen LogP contribution in [0.2, 0.25) is 5.02 Å². The predicted octanol–water partition coefficient (Wildman–Crippen LogP) is 5.01. The van der Waals surface area contributed by atoms with Gasteiger partial charge in [0.2, 0.25) is 11.0 Å². The number of hydrogen-bond donors (Lipinski definition) is 1. The molecule has 0 spiro atoms. The highest BCUT2D eigenvalue weighted by molar-refractivity contribution is 7.18. The van der Waals surface area contributed by atoms with Gasteiger partial charge in [-0.15, -0.1) is 10.2 Å². The summed E-state index contributed by atoms with van der Waals surface area (Å²) < 4.78 is 0. The van der Waals surface area contributed by atoms with Crippen LogP contribution in [-0.4, -0.2) is 16.1 Å². The molecular formula is C19H20ClN3OS. The first-order valence-electron chi connectivity index (χ1n) is 9.01. The van der Waals surface area contributed by atoms with Crippen LogP contribution in [0.1, 0.15) is 38.5 Å². The molecule has 4 bridgehead atoms. The van der Waals surface area contributed by atoms with E-state index < -0.39 is 0 Å². The number of aromatic nitrogens is 2. The molecule has 4 nitrogen and oxygen atoms in total. The molecule has 1 aromatic heterocycles. The second-order valence-corrected chi connectivity index (χ2v) is 9.43. The quantitative estimate of drug-likeness (QED) is 0.822. The molecule has 1 N–H and O–H groups in total. The predicted molar refractivity (Wildman–Crippen MR) is 99.6 cm³/mol. The molecule has 0 radical (unpaired) electrons. The first-order valence-corrected chi connectivity index (χ1v) is 10.2. The summed E-state index contributed by atoms with van der Waals surface area (Å²) in [6.45, 7) is 0. The third-order valence-electron chi connectivity index (χ3n) is 6.27. The monoisotopic (exact) mass is 373 g/mol. The van der Waals surface area contributed by atoms with E-state index in [2.05, 4.69) is 15.5 Å². The standard InChI is InChI=1S/C19H20ClN3OS/c20-15-4-2-1-3-14(15)16-22-23-18(25-16)21-17(24)19-8-11-5-12(9-19)7-13(6-11)10-19/h1-4,11-13H,5-10H2,(H,21,23,24). The smallest absolute Gasteiger partial charge is 0.232 e. The van der Waals surface area contributed by atoms with Gasteiger partial charge in [0, 0.05) is 5.56 Å². The maximum Gasteiger partial charge on any atom is 0.232 e. The van der Waals surface area contributed by atoms with Crippen molar-refractivity contribution in [2.24, 2.45) is 23.2 Å². The normalized spacial score (nSPS) is 32.8. The third kappa shape index (κ3) is 2.68. The van der Waals surface area contributed by atoms with E-state index in [1.165, 1.54) is 30.6 Å². The van der Waals surface area contributed by atoms with E-state index in [1.54, 1.807) is 0 Å². The minimum absolute atomic E-state index is 0.161. The molecule has 1 amide bonds. The van der Waals surface area contributed by atoms with Crippen LogP contribution >= 0.6 is 22.9 Å². The number of nitrogens with zero attached hydrogens (tertiary/aromatic N) is 2. The molecule has 0 unspecified atom stereocenters. The maximum absolute atomic E-state index is 13.1. The van der Waals surface area contributed by atoms with Crippen LogP contribution in [0.3, 0.4) is 0 Å². The first-order chi connectivity index (χ1) is 12.1. The average molecular weight is 374 g/mol. The van der Waals surface area contributed by atoms with Crippen LogP contribution in [0.4, 0.5) is 5.13 Å². The molecule has 1 heterocycles. The molecule has 25 heavy (non-hydrogen) atoms. The van der Waals surface area contributed by atoms with Crippen molar-refractivity contribution in [3.05, 3.63) is 29.3 Å². The lowest BCUT2D eigenvalue weighted by Gasteiger charge is -2.55. The van der Waals surface area contributed by atoms with Gasteiger partial charge in [0.25, 0.3) is 0 Å². The summed E-state index contributed by atoms with van der Waals surface area (Å²) >= 11 is 7.63. The van der Waals surface area contributed by atoms with Crippen molar-refractivity contribution in [1.29, 1.82) is 0 Å². The lowest BCUT2D eigenvalue weighted by atomic mass is 9.49. The number of anilines is 1. The molecule has 6 heteroatoms. The zero-order valence-corrected chi connectivity index (χ0v) is 15.4. The summed E-state index contributed by atoms with van der Waals surface area (Å²) in [7, 11) is 0. The Kier molecular flexibility index (Phi) is 3.64. The lowest BCUT2D eigenvalue weighted by molar-refractivity contribution is -0.140. The van der Waals surface area contributed by atoms with E-state index in [-0.39, 0.29) is 11.3 Å². The van der Waals surface area contributed by atoms with Crippen molar-refractivity contribution in [2.45, 2.75) is 38.5 Å². The van der Waals surface area contributed by atoms with E-state index in [1.807, 2.05) is 24.3 Å². The minimum Gasteiger partial charge on any atom is -0.300 e. The van der Waals surface area contributed by atoms with Crippen molar-refractivity contribution in [3.8, 4) is 10.6 Å². The van der Waals surface area contributed by atoms with E-state index in [0.29, 0.717) is 10.2 Å². The summed E-state index contributed by atoms with van der Waals surface area (Å²) in [4.78, 5) is 13.1. The Hall–Kier alpha value is -1.46. The number of carbonyl (C=O) groups is 1. The molecule has 4 saturated carbocycles. The van der Waals surface area contributed by atoms with Crippen LogP contribution in [0.5, 0.6) is 0 Å². The van der Waals surface area contributed by atoms with Crippen LogP contribution in [0.15, 0.2) is 24.3 Å². The highest BCUT2D eigenvalue weighted by atomic mass is 35.5. The molecule has 130 valence electrons. The number of carbonyl (C=O) groups excluding carboxylic acids is 1. The molecule has 4 aliphatic carbocycles. The number of nitrogens with one attached hydrogen (secondary N) is 1. The van der Waals surface area contributed by atoms with Crippen molar-refractivity contribution in [3.63, 3.8) is 0 Å². The summed E-state index contributed by atoms with van der Waals surface area (Å²) in [5.41, 5.74) is 0.697. The Bertz CT molecular complexity index is 798. The molecule has 1 aromatic carbocycles. The Balaban J connectivity index is 1.36. The van der Waals surface area contributed by atoms with Gasteiger partial charge < -0.3 is 5.32 Å². The number of rotatable bonds is 3. The number of benzene rings is 1. The fourth-order valence-corrected chi connectivity index (χ4v) is 6.70. The molecule has 4 aliphatic rings. The van der Waals surface area contributed by atoms with Crippen LogP contribution in [0.25, 0.3) is 10.6 Å². The molecule has 4 fully saturated rings. The Morgan fingerprint density at radius 3 is 2.36 bits per heavy atom. The van der Waals surface area contributed by atoms with Crippen LogP contribution < -0.4 is 5.32 Å². The van der Waals surface area contributed by atoms with Crippen LogP contribution in [0, 0.1) is 23.2 Å². The third-order valence-corrected chi connectivity index (χ3v) is 7.47. The maximum atomic E-state index is 13.1. The van der Waals surface area contributed by atoms with Gasteiger partial charge >= 0.3 is 0 Å². The van der Waals surface area contributed by atoms with Gasteiger partial charge in [-0.1, -0.05) is 41.1 Å². The van der Waals surface area contributed by atoms with Crippen molar-refractivity contribution >= 4 is 34.0 Å². The van der Waals surface area contributed by atoms with E-state index in [9.17, 15) is 4.79 Å². The highest BCUT2D eigenvalue weighted by Crippen LogP contribution is 2.60. The van der Waals surface area contributed by atoms with Crippen LogP contribution in [-0.2, 0) is 4.79 Å². The average Bonchev–Trinajstić information content (AvgIpc) is 3.02. The van der Waals surface area contributed by atoms with Gasteiger partial charge in [0.15, 0.2) is 5.01 Å². The number of hydrogen-bond acceptors (Lipinski definition) is 4. The van der Waals surface area contributed by atoms with E-state index in [4.69, 9.17) is 11.6 Å². The lowest BCUT2D eigenvalue weighted by Crippen LogP contribution is -2.51. The fourth-order valence-electron chi connectivity index (χ4n) is 5.64. The molecular weight excluding hydrogens is 354 g/mol. The van der Waals surface area contributed by atoms with Gasteiger partial charge in [-0.05, 0) is 62.3 Å². The van der Waals surface area contributed by atoms with Crippen molar-refractivity contribution in [2.75, 3.05) is 5.32 Å². The Morgan fingerprint density at radius 2 is 1.72 bits per heavy atom. The zero-order valence-electron chi connectivity index (χ0n) is 13.9. The number of amides is 1. The van der Waals surface area contributed by atoms with Gasteiger partial charge in [0.1, 0.15) is 0 Å². The van der Waals surface area contributed by atoms with Gasteiger partial charge in [-0.25, -0.2) is 0 Å². The highest BCUT2D eigenvalue weighted by Gasteiger charge is 2.54. The van der Waals surface area contributed by atoms with Crippen molar-refractivity contribution in [1.82, 2.24) is 10.2 Å². The summed E-state index contributed by atoms with van der Waals surface area (Å²) in [5.74, 6) is 2.42. The molecule has 0 atom stereocenters.